The molecular weight excluding hydrogens is 350 g/mol. The fourth-order valence-corrected chi connectivity index (χ4v) is 5.07. The molecule has 3 heterocycles. The molecule has 0 bridgehead atoms. The molecule has 0 spiro atoms. The van der Waals surface area contributed by atoms with Crippen molar-refractivity contribution in [3.05, 3.63) is 35.1 Å². The van der Waals surface area contributed by atoms with E-state index in [1.165, 1.54) is 50.0 Å². The normalized spacial score (nSPS) is 20.9. The number of benzene rings is 1. The van der Waals surface area contributed by atoms with Crippen molar-refractivity contribution in [3.63, 3.8) is 0 Å². The van der Waals surface area contributed by atoms with Crippen LogP contribution in [-0.2, 0) is 24.1 Å². The van der Waals surface area contributed by atoms with Crippen LogP contribution in [-0.4, -0.2) is 73.0 Å². The minimum atomic E-state index is 0.238. The van der Waals surface area contributed by atoms with Gasteiger partial charge in [-0.1, -0.05) is 0 Å². The smallest absolute Gasteiger partial charge is 0.227 e. The summed E-state index contributed by atoms with van der Waals surface area (Å²) >= 11 is 0. The van der Waals surface area contributed by atoms with Crippen LogP contribution in [0.5, 0.6) is 0 Å². The zero-order valence-corrected chi connectivity index (χ0v) is 16.8. The van der Waals surface area contributed by atoms with Crippen LogP contribution in [0.1, 0.15) is 36.0 Å². The molecule has 0 saturated carbocycles. The van der Waals surface area contributed by atoms with Gasteiger partial charge in [0.2, 0.25) is 5.91 Å². The molecule has 0 N–H and O–H groups in total. The van der Waals surface area contributed by atoms with Gasteiger partial charge in [-0.15, -0.1) is 0 Å². The maximum absolute atomic E-state index is 12.9. The molecule has 28 heavy (non-hydrogen) atoms. The molecule has 1 aromatic heterocycles. The molecule has 5 rings (SSSR count). The maximum Gasteiger partial charge on any atom is 0.227 e. The van der Waals surface area contributed by atoms with E-state index in [0.29, 0.717) is 6.42 Å². The fourth-order valence-electron chi connectivity index (χ4n) is 5.07. The van der Waals surface area contributed by atoms with Crippen molar-refractivity contribution in [1.29, 1.82) is 0 Å². The molecule has 0 unspecified atom stereocenters. The van der Waals surface area contributed by atoms with Crippen LogP contribution in [0.2, 0.25) is 0 Å². The number of hydrogen-bond donors (Lipinski definition) is 0. The number of aryl methyl sites for hydroxylation is 2. The van der Waals surface area contributed by atoms with Crippen molar-refractivity contribution in [1.82, 2.24) is 14.7 Å². The molecule has 5 nitrogen and oxygen atoms in total. The minimum absolute atomic E-state index is 0.238. The summed E-state index contributed by atoms with van der Waals surface area (Å²) < 4.78 is 5.78. The van der Waals surface area contributed by atoms with Gasteiger partial charge in [0.1, 0.15) is 5.58 Å². The van der Waals surface area contributed by atoms with Gasteiger partial charge in [-0.05, 0) is 68.5 Å². The van der Waals surface area contributed by atoms with Gasteiger partial charge >= 0.3 is 0 Å². The number of nitrogens with zero attached hydrogens (tertiary/aromatic N) is 3. The standard InChI is InChI=1S/C23H31N3O2/c27-23(26-12-10-25(11-13-26)9-8-24-6-1-2-7-24)16-20-17-28-22-15-19-5-3-4-18(19)14-21(20)22/h14-15,17H,1-13,16H2. The van der Waals surface area contributed by atoms with Crippen molar-refractivity contribution >= 4 is 16.9 Å². The van der Waals surface area contributed by atoms with E-state index >= 15 is 0 Å². The summed E-state index contributed by atoms with van der Waals surface area (Å²) in [7, 11) is 0. The Morgan fingerprint density at radius 2 is 1.54 bits per heavy atom. The Morgan fingerprint density at radius 3 is 2.29 bits per heavy atom. The summed E-state index contributed by atoms with van der Waals surface area (Å²) in [5.74, 6) is 0.238. The number of fused-ring (bicyclic) bond motifs is 2. The van der Waals surface area contributed by atoms with Crippen LogP contribution >= 0.6 is 0 Å². The van der Waals surface area contributed by atoms with Crippen LogP contribution < -0.4 is 0 Å². The average Bonchev–Trinajstić information content (AvgIpc) is 3.46. The fraction of sp³-hybridized carbons (Fsp3) is 0.609. The van der Waals surface area contributed by atoms with Gasteiger partial charge in [0.15, 0.2) is 0 Å². The first-order valence-corrected chi connectivity index (χ1v) is 11.0. The molecule has 2 aromatic rings. The number of rotatable bonds is 5. The van der Waals surface area contributed by atoms with Gasteiger partial charge in [-0.3, -0.25) is 9.69 Å². The number of hydrogen-bond acceptors (Lipinski definition) is 4. The molecule has 1 amide bonds. The van der Waals surface area contributed by atoms with Crippen LogP contribution in [0.15, 0.2) is 22.8 Å². The highest BCUT2D eigenvalue weighted by molar-refractivity contribution is 5.88. The topological polar surface area (TPSA) is 39.9 Å². The lowest BCUT2D eigenvalue weighted by molar-refractivity contribution is -0.132. The van der Waals surface area contributed by atoms with E-state index in [0.717, 1.165) is 62.1 Å². The Hall–Kier alpha value is -1.85. The number of amides is 1. The quantitative estimate of drug-likeness (QED) is 0.798. The molecule has 0 atom stereocenters. The van der Waals surface area contributed by atoms with Crippen LogP contribution in [0.4, 0.5) is 0 Å². The summed E-state index contributed by atoms with van der Waals surface area (Å²) in [6.45, 7) is 8.55. The molecular formula is C23H31N3O2. The second-order valence-electron chi connectivity index (χ2n) is 8.68. The first kappa shape index (κ1) is 18.2. The molecule has 0 radical (unpaired) electrons. The maximum atomic E-state index is 12.9. The Bertz CT molecular complexity index is 845. The van der Waals surface area contributed by atoms with Gasteiger partial charge in [-0.25, -0.2) is 0 Å². The van der Waals surface area contributed by atoms with Crippen molar-refractivity contribution < 1.29 is 9.21 Å². The Morgan fingerprint density at radius 1 is 0.857 bits per heavy atom. The SMILES string of the molecule is O=C(Cc1coc2cc3c(cc12)CCC3)N1CCN(CCN2CCCC2)CC1. The van der Waals surface area contributed by atoms with E-state index in [9.17, 15) is 4.79 Å². The summed E-state index contributed by atoms with van der Waals surface area (Å²) in [5.41, 5.74) is 4.85. The first-order valence-electron chi connectivity index (χ1n) is 11.0. The minimum Gasteiger partial charge on any atom is -0.464 e. The van der Waals surface area contributed by atoms with Gasteiger partial charge in [0, 0.05) is 50.2 Å². The first-order chi connectivity index (χ1) is 13.8. The molecule has 1 aliphatic carbocycles. The van der Waals surface area contributed by atoms with Crippen LogP contribution in [0.25, 0.3) is 11.0 Å². The van der Waals surface area contributed by atoms with E-state index in [4.69, 9.17) is 4.42 Å². The van der Waals surface area contributed by atoms with E-state index in [1.807, 2.05) is 4.90 Å². The van der Waals surface area contributed by atoms with Gasteiger partial charge in [0.25, 0.3) is 0 Å². The lowest BCUT2D eigenvalue weighted by Gasteiger charge is -2.35. The van der Waals surface area contributed by atoms with E-state index in [-0.39, 0.29) is 5.91 Å². The zero-order valence-electron chi connectivity index (χ0n) is 16.8. The lowest BCUT2D eigenvalue weighted by atomic mass is 10.0. The van der Waals surface area contributed by atoms with E-state index in [2.05, 4.69) is 21.9 Å². The number of piperazine rings is 1. The largest absolute Gasteiger partial charge is 0.464 e. The zero-order chi connectivity index (χ0) is 18.9. The Labute approximate surface area is 167 Å². The summed E-state index contributed by atoms with van der Waals surface area (Å²) in [4.78, 5) is 20.0. The molecule has 5 heteroatoms. The van der Waals surface area contributed by atoms with Crippen LogP contribution in [0, 0.1) is 0 Å². The van der Waals surface area contributed by atoms with Gasteiger partial charge in [-0.2, -0.15) is 0 Å². The van der Waals surface area contributed by atoms with Crippen molar-refractivity contribution in [2.75, 3.05) is 52.4 Å². The van der Waals surface area contributed by atoms with Gasteiger partial charge < -0.3 is 14.2 Å². The van der Waals surface area contributed by atoms with E-state index in [1.54, 1.807) is 6.26 Å². The Balaban J connectivity index is 1.16. The monoisotopic (exact) mass is 381 g/mol. The summed E-state index contributed by atoms with van der Waals surface area (Å²) in [6, 6.07) is 4.45. The number of carbonyl (C=O) groups excluding carboxylic acids is 1. The van der Waals surface area contributed by atoms with Crippen molar-refractivity contribution in [2.45, 2.75) is 38.5 Å². The second-order valence-corrected chi connectivity index (χ2v) is 8.68. The average molecular weight is 382 g/mol. The lowest BCUT2D eigenvalue weighted by Crippen LogP contribution is -2.50. The number of carbonyl (C=O) groups is 1. The highest BCUT2D eigenvalue weighted by Crippen LogP contribution is 2.30. The molecule has 1 aromatic carbocycles. The second kappa shape index (κ2) is 7.88. The summed E-state index contributed by atoms with van der Waals surface area (Å²) in [5, 5.41) is 1.14. The highest BCUT2D eigenvalue weighted by atomic mass is 16.3. The third-order valence-corrected chi connectivity index (χ3v) is 6.87. The van der Waals surface area contributed by atoms with Gasteiger partial charge in [0.05, 0.1) is 12.7 Å². The van der Waals surface area contributed by atoms with Crippen molar-refractivity contribution in [2.24, 2.45) is 0 Å². The van der Waals surface area contributed by atoms with E-state index < -0.39 is 0 Å². The highest BCUT2D eigenvalue weighted by Gasteiger charge is 2.23. The molecule has 2 aliphatic heterocycles. The third kappa shape index (κ3) is 3.70. The molecule has 150 valence electrons. The molecule has 2 saturated heterocycles. The predicted molar refractivity (Wildman–Crippen MR) is 111 cm³/mol. The van der Waals surface area contributed by atoms with Crippen molar-refractivity contribution in [3.8, 4) is 0 Å². The van der Waals surface area contributed by atoms with Crippen LogP contribution in [0.3, 0.4) is 0 Å². The molecule has 2 fully saturated rings. The number of likely N-dealkylation sites (tertiary alicyclic amines) is 1. The summed E-state index contributed by atoms with van der Waals surface area (Å²) in [6.07, 6.45) is 8.51. The third-order valence-electron chi connectivity index (χ3n) is 6.87. The number of furan rings is 1. The predicted octanol–water partition coefficient (Wildman–Crippen LogP) is 2.70. The Kier molecular flexibility index (Phi) is 5.12. The molecule has 3 aliphatic rings.